The normalized spacial score (nSPS) is 15.3. The number of rotatable bonds is 4. The highest BCUT2D eigenvalue weighted by molar-refractivity contribution is 6.32. The molecule has 5 heteroatoms. The van der Waals surface area contributed by atoms with Gasteiger partial charge in [0, 0.05) is 12.0 Å². The highest BCUT2D eigenvalue weighted by Crippen LogP contribution is 2.36. The highest BCUT2D eigenvalue weighted by Gasteiger charge is 2.23. The average Bonchev–Trinajstić information content (AvgIpc) is 2.93. The Kier molecular flexibility index (Phi) is 4.53. The van der Waals surface area contributed by atoms with Crippen LogP contribution in [0.15, 0.2) is 12.1 Å². The third-order valence-corrected chi connectivity index (χ3v) is 3.75. The van der Waals surface area contributed by atoms with Gasteiger partial charge >= 0.3 is 0 Å². The van der Waals surface area contributed by atoms with Crippen molar-refractivity contribution in [2.24, 2.45) is 5.92 Å². The molecule has 0 radical (unpaired) electrons. The molecule has 0 aliphatic heterocycles. The Labute approximate surface area is 118 Å². The standard InChI is InChI=1S/C14H18ClNO3/c1-18-12-8-13(19-2)11(7-10(12)15)16-14(17)9-5-3-4-6-9/h7-9H,3-6H2,1-2H3,(H,16,17). The summed E-state index contributed by atoms with van der Waals surface area (Å²) in [5.74, 6) is 1.22. The Morgan fingerprint density at radius 1 is 1.21 bits per heavy atom. The van der Waals surface area contributed by atoms with Crippen LogP contribution in [0.1, 0.15) is 25.7 Å². The predicted octanol–water partition coefficient (Wildman–Crippen LogP) is 3.49. The van der Waals surface area contributed by atoms with Gasteiger partial charge in [0.1, 0.15) is 11.5 Å². The van der Waals surface area contributed by atoms with Crippen LogP contribution in [0.2, 0.25) is 5.02 Å². The SMILES string of the molecule is COc1cc(OC)c(NC(=O)C2CCCC2)cc1Cl. The molecule has 1 aromatic carbocycles. The molecule has 1 N–H and O–H groups in total. The molecule has 0 aromatic heterocycles. The molecule has 0 heterocycles. The first-order valence-corrected chi connectivity index (χ1v) is 6.76. The number of hydrogen-bond donors (Lipinski definition) is 1. The van der Waals surface area contributed by atoms with Crippen LogP contribution in [0.3, 0.4) is 0 Å². The highest BCUT2D eigenvalue weighted by atomic mass is 35.5. The maximum atomic E-state index is 12.1. The van der Waals surface area contributed by atoms with E-state index in [1.54, 1.807) is 19.2 Å². The van der Waals surface area contributed by atoms with Gasteiger partial charge in [-0.2, -0.15) is 0 Å². The van der Waals surface area contributed by atoms with Crippen molar-refractivity contribution in [3.05, 3.63) is 17.2 Å². The smallest absolute Gasteiger partial charge is 0.227 e. The molecule has 0 bridgehead atoms. The number of hydrogen-bond acceptors (Lipinski definition) is 3. The van der Waals surface area contributed by atoms with E-state index in [9.17, 15) is 4.79 Å². The van der Waals surface area contributed by atoms with Crippen LogP contribution in [-0.2, 0) is 4.79 Å². The second kappa shape index (κ2) is 6.15. The number of nitrogens with one attached hydrogen (secondary N) is 1. The van der Waals surface area contributed by atoms with Gasteiger partial charge < -0.3 is 14.8 Å². The Balaban J connectivity index is 2.18. The molecule has 1 fully saturated rings. The van der Waals surface area contributed by atoms with Gasteiger partial charge in [0.2, 0.25) is 5.91 Å². The van der Waals surface area contributed by atoms with Gasteiger partial charge in [-0.05, 0) is 18.9 Å². The minimum Gasteiger partial charge on any atom is -0.495 e. The number of carbonyl (C=O) groups excluding carboxylic acids is 1. The summed E-state index contributed by atoms with van der Waals surface area (Å²) in [4.78, 5) is 12.1. The Morgan fingerprint density at radius 3 is 2.42 bits per heavy atom. The van der Waals surface area contributed by atoms with Crippen molar-refractivity contribution in [1.82, 2.24) is 0 Å². The summed E-state index contributed by atoms with van der Waals surface area (Å²) in [5.41, 5.74) is 0.588. The van der Waals surface area contributed by atoms with Crippen LogP contribution in [0.5, 0.6) is 11.5 Å². The lowest BCUT2D eigenvalue weighted by Gasteiger charge is -2.15. The molecule has 0 saturated heterocycles. The van der Waals surface area contributed by atoms with Crippen molar-refractivity contribution < 1.29 is 14.3 Å². The van der Waals surface area contributed by atoms with Crippen molar-refractivity contribution in [1.29, 1.82) is 0 Å². The van der Waals surface area contributed by atoms with E-state index in [1.807, 2.05) is 0 Å². The summed E-state index contributed by atoms with van der Waals surface area (Å²) in [6.45, 7) is 0. The zero-order chi connectivity index (χ0) is 13.8. The summed E-state index contributed by atoms with van der Waals surface area (Å²) in [6.07, 6.45) is 4.16. The molecule has 0 unspecified atom stereocenters. The molecular formula is C14H18ClNO3. The van der Waals surface area contributed by atoms with E-state index in [0.717, 1.165) is 25.7 Å². The lowest BCUT2D eigenvalue weighted by atomic mass is 10.1. The van der Waals surface area contributed by atoms with Crippen molar-refractivity contribution in [3.8, 4) is 11.5 Å². The van der Waals surface area contributed by atoms with E-state index in [-0.39, 0.29) is 11.8 Å². The van der Waals surface area contributed by atoms with E-state index < -0.39 is 0 Å². The lowest BCUT2D eigenvalue weighted by Crippen LogP contribution is -2.20. The van der Waals surface area contributed by atoms with Gasteiger partial charge in [-0.15, -0.1) is 0 Å². The van der Waals surface area contributed by atoms with Gasteiger partial charge in [0.15, 0.2) is 0 Å². The minimum absolute atomic E-state index is 0.0389. The zero-order valence-electron chi connectivity index (χ0n) is 11.2. The van der Waals surface area contributed by atoms with Crippen molar-refractivity contribution in [2.45, 2.75) is 25.7 Å². The first-order chi connectivity index (χ1) is 9.15. The van der Waals surface area contributed by atoms with Crippen LogP contribution in [0, 0.1) is 5.92 Å². The monoisotopic (exact) mass is 283 g/mol. The molecule has 1 aromatic rings. The predicted molar refractivity (Wildman–Crippen MR) is 75.1 cm³/mol. The molecule has 4 nitrogen and oxygen atoms in total. The van der Waals surface area contributed by atoms with Crippen molar-refractivity contribution in [2.75, 3.05) is 19.5 Å². The quantitative estimate of drug-likeness (QED) is 0.920. The molecular weight excluding hydrogens is 266 g/mol. The Bertz CT molecular complexity index is 470. The maximum absolute atomic E-state index is 12.1. The molecule has 104 valence electrons. The Morgan fingerprint density at radius 2 is 1.84 bits per heavy atom. The fraction of sp³-hybridized carbons (Fsp3) is 0.500. The molecule has 0 atom stereocenters. The van der Waals surface area contributed by atoms with Crippen molar-refractivity contribution >= 4 is 23.2 Å². The van der Waals surface area contributed by atoms with E-state index in [1.165, 1.54) is 7.11 Å². The fourth-order valence-corrected chi connectivity index (χ4v) is 2.62. The van der Waals surface area contributed by atoms with Gasteiger partial charge in [-0.25, -0.2) is 0 Å². The third kappa shape index (κ3) is 3.13. The lowest BCUT2D eigenvalue weighted by molar-refractivity contribution is -0.119. The topological polar surface area (TPSA) is 47.6 Å². The molecule has 1 amide bonds. The van der Waals surface area contributed by atoms with Gasteiger partial charge in [0.05, 0.1) is 24.9 Å². The summed E-state index contributed by atoms with van der Waals surface area (Å²) < 4.78 is 10.4. The summed E-state index contributed by atoms with van der Waals surface area (Å²) in [7, 11) is 3.09. The number of amides is 1. The van der Waals surface area contributed by atoms with Gasteiger partial charge in [-0.1, -0.05) is 24.4 Å². The van der Waals surface area contributed by atoms with E-state index >= 15 is 0 Å². The number of ether oxygens (including phenoxy) is 2. The first-order valence-electron chi connectivity index (χ1n) is 6.38. The molecule has 1 aliphatic carbocycles. The van der Waals surface area contributed by atoms with Gasteiger partial charge in [-0.3, -0.25) is 4.79 Å². The van der Waals surface area contributed by atoms with Crippen LogP contribution < -0.4 is 14.8 Å². The van der Waals surface area contributed by atoms with Crippen molar-refractivity contribution in [3.63, 3.8) is 0 Å². The van der Waals surface area contributed by atoms with E-state index in [2.05, 4.69) is 5.32 Å². The van der Waals surface area contributed by atoms with E-state index in [0.29, 0.717) is 22.2 Å². The zero-order valence-corrected chi connectivity index (χ0v) is 11.9. The number of carbonyl (C=O) groups is 1. The number of anilines is 1. The molecule has 19 heavy (non-hydrogen) atoms. The second-order valence-electron chi connectivity index (χ2n) is 4.66. The first kappa shape index (κ1) is 14.0. The average molecular weight is 284 g/mol. The van der Waals surface area contributed by atoms with Crippen LogP contribution in [-0.4, -0.2) is 20.1 Å². The molecule has 0 spiro atoms. The largest absolute Gasteiger partial charge is 0.495 e. The molecule has 2 rings (SSSR count). The number of benzene rings is 1. The number of methoxy groups -OCH3 is 2. The minimum atomic E-state index is 0.0389. The molecule has 1 saturated carbocycles. The second-order valence-corrected chi connectivity index (χ2v) is 5.06. The summed E-state index contributed by atoms with van der Waals surface area (Å²) in [6, 6.07) is 3.33. The summed E-state index contributed by atoms with van der Waals surface area (Å²) >= 11 is 6.07. The summed E-state index contributed by atoms with van der Waals surface area (Å²) in [5, 5.41) is 3.34. The number of halogens is 1. The van der Waals surface area contributed by atoms with Gasteiger partial charge in [0.25, 0.3) is 0 Å². The fourth-order valence-electron chi connectivity index (χ4n) is 2.38. The maximum Gasteiger partial charge on any atom is 0.227 e. The van der Waals surface area contributed by atoms with Crippen LogP contribution in [0.4, 0.5) is 5.69 Å². The third-order valence-electron chi connectivity index (χ3n) is 3.46. The van der Waals surface area contributed by atoms with Crippen LogP contribution in [0.25, 0.3) is 0 Å². The molecule has 1 aliphatic rings. The Hall–Kier alpha value is -1.42. The van der Waals surface area contributed by atoms with E-state index in [4.69, 9.17) is 21.1 Å². The van der Waals surface area contributed by atoms with Crippen LogP contribution >= 0.6 is 11.6 Å².